The largest absolute Gasteiger partial charge is 0.621 e. The number of hydrogen-bond acceptors (Lipinski definition) is 3. The van der Waals surface area contributed by atoms with E-state index in [0.717, 1.165) is 23.8 Å². The average molecular weight is 209 g/mol. The summed E-state index contributed by atoms with van der Waals surface area (Å²) < 4.78 is 6.07. The Bertz CT molecular complexity index is 372. The van der Waals surface area contributed by atoms with Gasteiger partial charge in [-0.2, -0.15) is 4.74 Å². The molecule has 4 aliphatic rings. The molecular formula is C11H15NO3. The molecule has 1 spiro atoms. The first kappa shape index (κ1) is 9.19. The summed E-state index contributed by atoms with van der Waals surface area (Å²) in [6.45, 7) is 4.35. The molecule has 0 aromatic heterocycles. The molecule has 3 aliphatic carbocycles. The molecule has 3 fully saturated rings. The number of fused-ring (bicyclic) bond motifs is 1. The molecule has 3 atom stereocenters. The first-order valence-electron chi connectivity index (χ1n) is 5.51. The van der Waals surface area contributed by atoms with E-state index in [0.29, 0.717) is 12.3 Å². The molecule has 3 saturated carbocycles. The van der Waals surface area contributed by atoms with E-state index < -0.39 is 11.7 Å². The van der Waals surface area contributed by atoms with Crippen molar-refractivity contribution >= 4 is 12.2 Å². The molecule has 0 aromatic rings. The van der Waals surface area contributed by atoms with Gasteiger partial charge in [0.25, 0.3) is 6.21 Å². The van der Waals surface area contributed by atoms with Crippen LogP contribution in [-0.4, -0.2) is 22.6 Å². The van der Waals surface area contributed by atoms with Gasteiger partial charge < -0.3 is 9.94 Å². The minimum atomic E-state index is -0.866. The summed E-state index contributed by atoms with van der Waals surface area (Å²) in [5, 5.41) is 11.8. The van der Waals surface area contributed by atoms with E-state index in [1.807, 2.05) is 0 Å². The van der Waals surface area contributed by atoms with Crippen molar-refractivity contribution in [3.63, 3.8) is 0 Å². The molecule has 0 N–H and O–H groups in total. The highest BCUT2D eigenvalue weighted by Gasteiger charge is 2.69. The standard InChI is InChI=1S/C11H15NO3/c1-10(2)7-3-4-11(8(10)5-7)12(14)6-9(13)15-11/h6-8H,3-5H2,1-2H3/t7-,8-,11+/m0/s1. The molecule has 1 heterocycles. The molecule has 15 heavy (non-hydrogen) atoms. The summed E-state index contributed by atoms with van der Waals surface area (Å²) >= 11 is 0. The van der Waals surface area contributed by atoms with E-state index in [9.17, 15) is 10.0 Å². The number of carbonyl (C=O) groups excluding carboxylic acids is 1. The van der Waals surface area contributed by atoms with Gasteiger partial charge in [0.15, 0.2) is 0 Å². The normalized spacial score (nSPS) is 46.0. The monoisotopic (exact) mass is 209 g/mol. The lowest BCUT2D eigenvalue weighted by Crippen LogP contribution is -2.64. The second kappa shape index (κ2) is 2.36. The topological polar surface area (TPSA) is 52.4 Å². The number of ether oxygens (including phenoxy) is 1. The molecule has 0 aromatic carbocycles. The Morgan fingerprint density at radius 1 is 1.60 bits per heavy atom. The Balaban J connectivity index is 2.01. The molecule has 0 unspecified atom stereocenters. The molecule has 4 heteroatoms. The van der Waals surface area contributed by atoms with E-state index in [4.69, 9.17) is 4.74 Å². The van der Waals surface area contributed by atoms with Crippen LogP contribution in [0.1, 0.15) is 33.1 Å². The summed E-state index contributed by atoms with van der Waals surface area (Å²) in [6.07, 6.45) is 3.75. The molecule has 0 saturated heterocycles. The predicted molar refractivity (Wildman–Crippen MR) is 53.1 cm³/mol. The highest BCUT2D eigenvalue weighted by Crippen LogP contribution is 2.64. The van der Waals surface area contributed by atoms with Crippen LogP contribution in [0.5, 0.6) is 0 Å². The van der Waals surface area contributed by atoms with E-state index >= 15 is 0 Å². The number of rotatable bonds is 0. The van der Waals surface area contributed by atoms with Crippen LogP contribution in [0, 0.1) is 22.5 Å². The van der Waals surface area contributed by atoms with Crippen LogP contribution in [0.3, 0.4) is 0 Å². The van der Waals surface area contributed by atoms with Crippen LogP contribution < -0.4 is 0 Å². The van der Waals surface area contributed by atoms with Gasteiger partial charge in [-0.1, -0.05) is 13.8 Å². The van der Waals surface area contributed by atoms with Crippen LogP contribution in [0.4, 0.5) is 0 Å². The van der Waals surface area contributed by atoms with E-state index in [1.54, 1.807) is 0 Å². The summed E-state index contributed by atoms with van der Waals surface area (Å²) in [4.78, 5) is 11.2. The number of carbonyl (C=O) groups is 1. The Labute approximate surface area is 88.5 Å². The Kier molecular flexibility index (Phi) is 1.45. The zero-order valence-electron chi connectivity index (χ0n) is 9.03. The van der Waals surface area contributed by atoms with E-state index in [2.05, 4.69) is 13.8 Å². The Hall–Kier alpha value is -1.06. The smallest absolute Gasteiger partial charge is 0.401 e. The third-order valence-corrected chi connectivity index (χ3v) is 4.74. The molecule has 0 amide bonds. The molecule has 4 nitrogen and oxygen atoms in total. The van der Waals surface area contributed by atoms with E-state index in [-0.39, 0.29) is 11.3 Å². The Morgan fingerprint density at radius 2 is 2.33 bits per heavy atom. The van der Waals surface area contributed by atoms with Gasteiger partial charge in [-0.3, -0.25) is 0 Å². The van der Waals surface area contributed by atoms with Crippen LogP contribution in [0.25, 0.3) is 0 Å². The summed E-state index contributed by atoms with van der Waals surface area (Å²) in [6, 6.07) is 0. The minimum absolute atomic E-state index is 0.138. The van der Waals surface area contributed by atoms with Crippen molar-refractivity contribution in [3.8, 4) is 0 Å². The van der Waals surface area contributed by atoms with E-state index in [1.165, 1.54) is 0 Å². The van der Waals surface area contributed by atoms with Gasteiger partial charge in [-0.15, -0.1) is 0 Å². The maximum atomic E-state index is 11.8. The van der Waals surface area contributed by atoms with Crippen LogP contribution in [0.15, 0.2) is 0 Å². The zero-order valence-corrected chi connectivity index (χ0v) is 9.03. The maximum Gasteiger partial charge on any atom is 0.401 e. The van der Waals surface area contributed by atoms with Gasteiger partial charge in [-0.05, 0) is 24.2 Å². The molecule has 1 aliphatic heterocycles. The summed E-state index contributed by atoms with van der Waals surface area (Å²) in [5.74, 6) is 0.413. The fourth-order valence-electron chi connectivity index (χ4n) is 3.66. The molecule has 2 bridgehead atoms. The van der Waals surface area contributed by atoms with Crippen LogP contribution in [0.2, 0.25) is 0 Å². The van der Waals surface area contributed by atoms with Crippen molar-refractivity contribution in [2.24, 2.45) is 17.3 Å². The number of nitrogens with zero attached hydrogens (tertiary/aromatic N) is 1. The third-order valence-electron chi connectivity index (χ3n) is 4.74. The SMILES string of the molecule is CC1(C)[C@H]2CC[C@@]3(OC(=O)C=[N+]3[O-])[C@H]1C2. The second-order valence-corrected chi connectivity index (χ2v) is 5.57. The van der Waals surface area contributed by atoms with Gasteiger partial charge >= 0.3 is 11.7 Å². The minimum Gasteiger partial charge on any atom is -0.621 e. The van der Waals surface area contributed by atoms with Gasteiger partial charge in [0.1, 0.15) is 0 Å². The molecule has 0 radical (unpaired) electrons. The molecule has 82 valence electrons. The lowest BCUT2D eigenvalue weighted by molar-refractivity contribution is -0.621. The second-order valence-electron chi connectivity index (χ2n) is 5.57. The molecular weight excluding hydrogens is 194 g/mol. The first-order chi connectivity index (χ1) is 6.97. The van der Waals surface area contributed by atoms with Crippen molar-refractivity contribution in [2.75, 3.05) is 0 Å². The Morgan fingerprint density at radius 3 is 2.80 bits per heavy atom. The molecule has 4 rings (SSSR count). The fraction of sp³-hybridized carbons (Fsp3) is 0.818. The zero-order chi connectivity index (χ0) is 10.8. The van der Waals surface area contributed by atoms with Crippen LogP contribution in [-0.2, 0) is 9.53 Å². The number of esters is 1. The van der Waals surface area contributed by atoms with Crippen molar-refractivity contribution in [1.82, 2.24) is 0 Å². The van der Waals surface area contributed by atoms with Gasteiger partial charge in [-0.25, -0.2) is 4.79 Å². The number of hydrogen-bond donors (Lipinski definition) is 0. The third kappa shape index (κ3) is 0.880. The fourth-order valence-corrected chi connectivity index (χ4v) is 3.66. The van der Waals surface area contributed by atoms with Crippen molar-refractivity contribution < 1.29 is 14.3 Å². The summed E-state index contributed by atoms with van der Waals surface area (Å²) in [5.41, 5.74) is -0.727. The van der Waals surface area contributed by atoms with Crippen molar-refractivity contribution in [2.45, 2.75) is 38.8 Å². The lowest BCUT2D eigenvalue weighted by atomic mass is 9.46. The van der Waals surface area contributed by atoms with Gasteiger partial charge in [0, 0.05) is 0 Å². The first-order valence-corrected chi connectivity index (χ1v) is 5.51. The highest BCUT2D eigenvalue weighted by molar-refractivity contribution is 6.22. The lowest BCUT2D eigenvalue weighted by Gasteiger charge is -2.60. The van der Waals surface area contributed by atoms with Gasteiger partial charge in [0.2, 0.25) is 0 Å². The average Bonchev–Trinajstić information content (AvgIpc) is 2.41. The summed E-state index contributed by atoms with van der Waals surface area (Å²) in [7, 11) is 0. The number of hydroxylamine groups is 1. The highest BCUT2D eigenvalue weighted by atomic mass is 16.6. The van der Waals surface area contributed by atoms with Gasteiger partial charge in [0.05, 0.1) is 12.3 Å². The quantitative estimate of drug-likeness (QED) is 0.343. The van der Waals surface area contributed by atoms with Crippen molar-refractivity contribution in [3.05, 3.63) is 5.21 Å². The van der Waals surface area contributed by atoms with Crippen molar-refractivity contribution in [1.29, 1.82) is 0 Å². The van der Waals surface area contributed by atoms with Crippen LogP contribution >= 0.6 is 0 Å². The maximum absolute atomic E-state index is 11.8. The predicted octanol–water partition coefficient (Wildman–Crippen LogP) is 1.28.